The van der Waals surface area contributed by atoms with Crippen LogP contribution in [0.2, 0.25) is 5.02 Å². The smallest absolute Gasteiger partial charge is 0.214 e. The third-order valence-corrected chi connectivity index (χ3v) is 6.09. The van der Waals surface area contributed by atoms with Crippen molar-refractivity contribution in [1.82, 2.24) is 19.5 Å². The first-order chi connectivity index (χ1) is 16.0. The van der Waals surface area contributed by atoms with Gasteiger partial charge in [0.2, 0.25) is 5.88 Å². The second kappa shape index (κ2) is 8.31. The molecule has 0 saturated heterocycles. The van der Waals surface area contributed by atoms with E-state index in [1.54, 1.807) is 44.2 Å². The Morgan fingerprint density at radius 3 is 2.42 bits per heavy atom. The SMILES string of the molecule is COc1cc(-c2cccnc2)c2cc(C(O)(c3ccc(Cl)cc3)c3cncn3C)ccc2n1. The van der Waals surface area contributed by atoms with E-state index < -0.39 is 5.60 Å². The standard InChI is InChI=1S/C26H21ClN4O2/c1-31-16-29-15-24(31)26(32,18-5-8-20(27)9-6-18)19-7-10-23-22(12-19)21(13-25(30-23)33-2)17-4-3-11-28-14-17/h3-16,32H,1-2H3. The van der Waals surface area contributed by atoms with Gasteiger partial charge in [-0.15, -0.1) is 0 Å². The van der Waals surface area contributed by atoms with E-state index in [-0.39, 0.29) is 0 Å². The van der Waals surface area contributed by atoms with Crippen LogP contribution in [0.3, 0.4) is 0 Å². The predicted molar refractivity (Wildman–Crippen MR) is 128 cm³/mol. The van der Waals surface area contributed by atoms with E-state index >= 15 is 0 Å². The summed E-state index contributed by atoms with van der Waals surface area (Å²) in [5.74, 6) is 0.508. The number of imidazole rings is 1. The Bertz CT molecular complexity index is 1430. The summed E-state index contributed by atoms with van der Waals surface area (Å²) in [6.45, 7) is 0. The number of methoxy groups -OCH3 is 1. The van der Waals surface area contributed by atoms with Crippen LogP contribution in [0.15, 0.2) is 85.6 Å². The van der Waals surface area contributed by atoms with Crippen LogP contribution >= 0.6 is 11.6 Å². The van der Waals surface area contributed by atoms with E-state index in [1.807, 2.05) is 60.1 Å². The third-order valence-electron chi connectivity index (χ3n) is 5.83. The summed E-state index contributed by atoms with van der Waals surface area (Å²) in [6, 6.07) is 18.7. The van der Waals surface area contributed by atoms with E-state index in [9.17, 15) is 5.11 Å². The molecule has 1 atom stereocenters. The number of rotatable bonds is 5. The summed E-state index contributed by atoms with van der Waals surface area (Å²) in [6.07, 6.45) is 6.88. The first-order valence-corrected chi connectivity index (χ1v) is 10.7. The van der Waals surface area contributed by atoms with E-state index in [0.29, 0.717) is 27.7 Å². The zero-order chi connectivity index (χ0) is 23.0. The summed E-state index contributed by atoms with van der Waals surface area (Å²) in [4.78, 5) is 13.1. The van der Waals surface area contributed by atoms with Crippen molar-refractivity contribution in [2.75, 3.05) is 7.11 Å². The molecule has 5 rings (SSSR count). The molecular weight excluding hydrogens is 436 g/mol. The van der Waals surface area contributed by atoms with E-state index in [1.165, 1.54) is 0 Å². The average Bonchev–Trinajstić information content (AvgIpc) is 3.29. The molecule has 33 heavy (non-hydrogen) atoms. The summed E-state index contributed by atoms with van der Waals surface area (Å²) in [5, 5.41) is 13.7. The van der Waals surface area contributed by atoms with E-state index in [0.717, 1.165) is 22.0 Å². The van der Waals surface area contributed by atoms with Crippen molar-refractivity contribution in [3.05, 3.63) is 107 Å². The maximum absolute atomic E-state index is 12.2. The van der Waals surface area contributed by atoms with Gasteiger partial charge in [-0.05, 0) is 47.0 Å². The highest BCUT2D eigenvalue weighted by molar-refractivity contribution is 6.30. The third kappa shape index (κ3) is 3.63. The van der Waals surface area contributed by atoms with Gasteiger partial charge in [0.25, 0.3) is 0 Å². The van der Waals surface area contributed by atoms with Crippen LogP contribution in [0.25, 0.3) is 22.0 Å². The molecule has 2 aromatic carbocycles. The van der Waals surface area contributed by atoms with E-state index in [2.05, 4.69) is 15.0 Å². The largest absolute Gasteiger partial charge is 0.481 e. The first kappa shape index (κ1) is 21.1. The lowest BCUT2D eigenvalue weighted by molar-refractivity contribution is 0.117. The van der Waals surface area contributed by atoms with Crippen LogP contribution in [0.5, 0.6) is 5.88 Å². The van der Waals surface area contributed by atoms with Gasteiger partial charge in [-0.3, -0.25) is 4.98 Å². The number of benzene rings is 2. The van der Waals surface area contributed by atoms with Gasteiger partial charge < -0.3 is 14.4 Å². The molecule has 0 aliphatic rings. The number of halogens is 1. The second-order valence-corrected chi connectivity index (χ2v) is 8.23. The molecular formula is C26H21ClN4O2. The lowest BCUT2D eigenvalue weighted by Gasteiger charge is -2.30. The highest BCUT2D eigenvalue weighted by atomic mass is 35.5. The molecule has 0 aliphatic carbocycles. The van der Waals surface area contributed by atoms with Crippen LogP contribution in [0, 0.1) is 0 Å². The highest BCUT2D eigenvalue weighted by Crippen LogP contribution is 2.40. The molecule has 6 nitrogen and oxygen atoms in total. The minimum Gasteiger partial charge on any atom is -0.481 e. The van der Waals surface area contributed by atoms with Crippen molar-refractivity contribution in [2.45, 2.75) is 5.60 Å². The fourth-order valence-corrected chi connectivity index (χ4v) is 4.28. The van der Waals surface area contributed by atoms with Gasteiger partial charge in [-0.25, -0.2) is 9.97 Å². The van der Waals surface area contributed by atoms with Crippen molar-refractivity contribution in [3.8, 4) is 17.0 Å². The fourth-order valence-electron chi connectivity index (χ4n) is 4.15. The molecule has 0 saturated carbocycles. The molecule has 0 spiro atoms. The number of fused-ring (bicyclic) bond motifs is 1. The minimum absolute atomic E-state index is 0.508. The number of aryl methyl sites for hydroxylation is 1. The van der Waals surface area contributed by atoms with Crippen LogP contribution in [0.4, 0.5) is 0 Å². The number of hydrogen-bond acceptors (Lipinski definition) is 5. The average molecular weight is 457 g/mol. The van der Waals surface area contributed by atoms with Crippen LogP contribution in [0.1, 0.15) is 16.8 Å². The minimum atomic E-state index is -1.46. The van der Waals surface area contributed by atoms with Crippen molar-refractivity contribution in [3.63, 3.8) is 0 Å². The number of pyridine rings is 2. The zero-order valence-electron chi connectivity index (χ0n) is 18.1. The fraction of sp³-hybridized carbons (Fsp3) is 0.115. The zero-order valence-corrected chi connectivity index (χ0v) is 18.9. The van der Waals surface area contributed by atoms with E-state index in [4.69, 9.17) is 16.3 Å². The predicted octanol–water partition coefficient (Wildman–Crippen LogP) is 4.98. The number of ether oxygens (including phenoxy) is 1. The lowest BCUT2D eigenvalue weighted by atomic mass is 9.82. The Balaban J connectivity index is 1.80. The monoisotopic (exact) mass is 456 g/mol. The van der Waals surface area contributed by atoms with Gasteiger partial charge in [0.05, 0.1) is 30.8 Å². The maximum atomic E-state index is 12.2. The Kier molecular flexibility index (Phi) is 5.32. The Hall–Kier alpha value is -3.74. The summed E-state index contributed by atoms with van der Waals surface area (Å²) < 4.78 is 7.24. The molecule has 3 aromatic heterocycles. The van der Waals surface area contributed by atoms with Crippen molar-refractivity contribution >= 4 is 22.5 Å². The number of hydrogen-bond donors (Lipinski definition) is 1. The van der Waals surface area contributed by atoms with Crippen LogP contribution in [-0.4, -0.2) is 31.7 Å². The molecule has 1 N–H and O–H groups in total. The summed E-state index contributed by atoms with van der Waals surface area (Å²) >= 11 is 6.13. The normalized spacial score (nSPS) is 13.1. The van der Waals surface area contributed by atoms with Crippen LogP contribution < -0.4 is 4.74 Å². The topological polar surface area (TPSA) is 73.1 Å². The van der Waals surface area contributed by atoms with Gasteiger partial charge in [0.15, 0.2) is 5.60 Å². The second-order valence-electron chi connectivity index (χ2n) is 7.79. The Labute approximate surface area is 196 Å². The maximum Gasteiger partial charge on any atom is 0.214 e. The molecule has 5 aromatic rings. The van der Waals surface area contributed by atoms with Crippen LogP contribution in [-0.2, 0) is 12.6 Å². The van der Waals surface area contributed by atoms with Gasteiger partial charge in [-0.2, -0.15) is 0 Å². The number of aromatic nitrogens is 4. The molecule has 0 amide bonds. The summed E-state index contributed by atoms with van der Waals surface area (Å²) in [5.41, 5.74) is 3.12. The van der Waals surface area contributed by atoms with Crippen molar-refractivity contribution in [2.24, 2.45) is 7.05 Å². The van der Waals surface area contributed by atoms with Gasteiger partial charge >= 0.3 is 0 Å². The molecule has 0 bridgehead atoms. The molecule has 0 fully saturated rings. The number of nitrogens with zero attached hydrogens (tertiary/aromatic N) is 4. The molecule has 7 heteroatoms. The lowest BCUT2D eigenvalue weighted by Crippen LogP contribution is -2.31. The van der Waals surface area contributed by atoms with Gasteiger partial charge in [-0.1, -0.05) is 35.9 Å². The molecule has 0 radical (unpaired) electrons. The van der Waals surface area contributed by atoms with Crippen molar-refractivity contribution < 1.29 is 9.84 Å². The summed E-state index contributed by atoms with van der Waals surface area (Å²) in [7, 11) is 3.45. The van der Waals surface area contributed by atoms with Crippen molar-refractivity contribution in [1.29, 1.82) is 0 Å². The molecule has 0 aliphatic heterocycles. The first-order valence-electron chi connectivity index (χ1n) is 10.4. The highest BCUT2D eigenvalue weighted by Gasteiger charge is 2.37. The van der Waals surface area contributed by atoms with Gasteiger partial charge in [0.1, 0.15) is 0 Å². The number of aliphatic hydroxyl groups is 1. The molecule has 3 heterocycles. The Morgan fingerprint density at radius 1 is 0.970 bits per heavy atom. The molecule has 164 valence electrons. The quantitative estimate of drug-likeness (QED) is 0.404. The molecule has 1 unspecified atom stereocenters. The van der Waals surface area contributed by atoms with Gasteiger partial charge in [0, 0.05) is 41.5 Å². The Morgan fingerprint density at radius 2 is 1.76 bits per heavy atom.